The Balaban J connectivity index is 1.43. The first kappa shape index (κ1) is 30.0. The van der Waals surface area contributed by atoms with Gasteiger partial charge in [-0.25, -0.2) is 9.78 Å². The standard InChI is InChI=1S/C31H44N4O4S/c1-3-7-28(36)31(24-8-5-4-6-9-24)15-18-35(19-16-31)29(37)27(20-23-10-12-26(39-2)13-11-23)34-30(38)32-17-14-25-21-40-22-33-25/h10-13,21-22,24,27H,3-9,14-20H2,1-2H3,(H2,32,34,38)/t27-/m1/s1. The summed E-state index contributed by atoms with van der Waals surface area (Å²) in [6.07, 6.45) is 9.81. The molecule has 40 heavy (non-hydrogen) atoms. The van der Waals surface area contributed by atoms with E-state index in [0.717, 1.165) is 49.1 Å². The molecule has 0 radical (unpaired) electrons. The fourth-order valence-electron chi connectivity index (χ4n) is 6.46. The molecule has 4 rings (SSSR count). The highest BCUT2D eigenvalue weighted by molar-refractivity contribution is 7.07. The molecule has 1 saturated carbocycles. The molecule has 2 fully saturated rings. The van der Waals surface area contributed by atoms with Gasteiger partial charge in [-0.3, -0.25) is 9.59 Å². The molecule has 2 aromatic rings. The van der Waals surface area contributed by atoms with Crippen molar-refractivity contribution in [1.82, 2.24) is 20.5 Å². The minimum atomic E-state index is -0.707. The number of methoxy groups -OCH3 is 1. The second-order valence-corrected chi connectivity index (χ2v) is 11.9. The Kier molecular flexibility index (Phi) is 11.0. The van der Waals surface area contributed by atoms with E-state index >= 15 is 0 Å². The Morgan fingerprint density at radius 2 is 1.85 bits per heavy atom. The number of benzene rings is 1. The number of ketones is 1. The lowest BCUT2D eigenvalue weighted by Crippen LogP contribution is -2.56. The molecule has 9 heteroatoms. The first-order chi connectivity index (χ1) is 19.4. The molecule has 0 bridgehead atoms. The number of nitrogens with zero attached hydrogens (tertiary/aromatic N) is 2. The van der Waals surface area contributed by atoms with E-state index in [0.29, 0.717) is 50.6 Å². The summed E-state index contributed by atoms with van der Waals surface area (Å²) in [7, 11) is 1.62. The number of hydrogen-bond acceptors (Lipinski definition) is 6. The maximum atomic E-state index is 13.9. The van der Waals surface area contributed by atoms with Crippen molar-refractivity contribution in [3.05, 3.63) is 46.4 Å². The molecular weight excluding hydrogens is 524 g/mol. The average Bonchev–Trinajstić information content (AvgIpc) is 3.51. The van der Waals surface area contributed by atoms with Crippen LogP contribution in [0.2, 0.25) is 0 Å². The van der Waals surface area contributed by atoms with Crippen molar-refractivity contribution in [2.75, 3.05) is 26.7 Å². The summed E-state index contributed by atoms with van der Waals surface area (Å²) in [5.41, 5.74) is 3.34. The molecule has 1 aromatic heterocycles. The van der Waals surface area contributed by atoms with Gasteiger partial charge in [0.1, 0.15) is 17.6 Å². The number of thiazole rings is 1. The lowest BCUT2D eigenvalue weighted by Gasteiger charge is -2.47. The fourth-order valence-corrected chi connectivity index (χ4v) is 7.06. The van der Waals surface area contributed by atoms with Crippen molar-refractivity contribution in [3.8, 4) is 5.75 Å². The number of ether oxygens (including phenoxy) is 1. The predicted octanol–water partition coefficient (Wildman–Crippen LogP) is 5.16. The van der Waals surface area contributed by atoms with Gasteiger partial charge >= 0.3 is 6.03 Å². The van der Waals surface area contributed by atoms with E-state index in [4.69, 9.17) is 4.74 Å². The molecule has 2 aliphatic rings. The molecule has 2 heterocycles. The number of rotatable bonds is 12. The minimum absolute atomic E-state index is 0.0920. The Bertz CT molecular complexity index is 1090. The average molecular weight is 569 g/mol. The fraction of sp³-hybridized carbons (Fsp3) is 0.613. The Morgan fingerprint density at radius 1 is 1.12 bits per heavy atom. The largest absolute Gasteiger partial charge is 0.497 e. The van der Waals surface area contributed by atoms with Crippen molar-refractivity contribution in [1.29, 1.82) is 0 Å². The highest BCUT2D eigenvalue weighted by atomic mass is 32.1. The molecular formula is C31H44N4O4S. The van der Waals surface area contributed by atoms with E-state index in [1.54, 1.807) is 12.6 Å². The van der Waals surface area contributed by atoms with Gasteiger partial charge in [0.2, 0.25) is 5.91 Å². The van der Waals surface area contributed by atoms with Gasteiger partial charge in [0.25, 0.3) is 0 Å². The first-order valence-electron chi connectivity index (χ1n) is 14.8. The van der Waals surface area contributed by atoms with Crippen LogP contribution < -0.4 is 15.4 Å². The lowest BCUT2D eigenvalue weighted by molar-refractivity contribution is -0.144. The zero-order valence-corrected chi connectivity index (χ0v) is 24.8. The molecule has 3 amide bonds. The van der Waals surface area contributed by atoms with Crippen LogP contribution >= 0.6 is 11.3 Å². The third kappa shape index (κ3) is 7.62. The van der Waals surface area contributed by atoms with Crippen LogP contribution in [0, 0.1) is 11.3 Å². The molecule has 8 nitrogen and oxygen atoms in total. The van der Waals surface area contributed by atoms with E-state index in [1.807, 2.05) is 34.5 Å². The second-order valence-electron chi connectivity index (χ2n) is 11.2. The van der Waals surface area contributed by atoms with Crippen LogP contribution in [0.4, 0.5) is 4.79 Å². The number of carbonyl (C=O) groups excluding carboxylic acids is 3. The smallest absolute Gasteiger partial charge is 0.315 e. The van der Waals surface area contributed by atoms with Gasteiger partial charge in [-0.2, -0.15) is 0 Å². The van der Waals surface area contributed by atoms with Crippen LogP contribution in [0.5, 0.6) is 5.75 Å². The Labute approximate surface area is 242 Å². The highest BCUT2D eigenvalue weighted by Gasteiger charge is 2.47. The van der Waals surface area contributed by atoms with E-state index in [9.17, 15) is 14.4 Å². The molecule has 218 valence electrons. The van der Waals surface area contributed by atoms with Gasteiger partial charge in [-0.15, -0.1) is 11.3 Å². The number of amides is 3. The molecule has 1 aromatic carbocycles. The topological polar surface area (TPSA) is 101 Å². The van der Waals surface area contributed by atoms with Gasteiger partial charge in [0, 0.05) is 49.7 Å². The second kappa shape index (κ2) is 14.6. The van der Waals surface area contributed by atoms with Crippen molar-refractivity contribution in [2.24, 2.45) is 11.3 Å². The normalized spacial score (nSPS) is 18.1. The minimum Gasteiger partial charge on any atom is -0.497 e. The molecule has 2 N–H and O–H groups in total. The lowest BCUT2D eigenvalue weighted by atomic mass is 9.61. The monoisotopic (exact) mass is 568 g/mol. The van der Waals surface area contributed by atoms with Gasteiger partial charge < -0.3 is 20.3 Å². The number of likely N-dealkylation sites (tertiary alicyclic amines) is 1. The van der Waals surface area contributed by atoms with Crippen molar-refractivity contribution in [2.45, 2.75) is 83.6 Å². The van der Waals surface area contributed by atoms with Crippen molar-refractivity contribution >= 4 is 29.1 Å². The zero-order valence-electron chi connectivity index (χ0n) is 24.0. The third-order valence-electron chi connectivity index (χ3n) is 8.74. The number of Topliss-reactive ketones (excluding diaryl/α,β-unsaturated/α-hetero) is 1. The predicted molar refractivity (Wildman–Crippen MR) is 158 cm³/mol. The Morgan fingerprint density at radius 3 is 2.48 bits per heavy atom. The quantitative estimate of drug-likeness (QED) is 0.368. The number of carbonyl (C=O) groups is 3. The molecule has 1 saturated heterocycles. The third-order valence-corrected chi connectivity index (χ3v) is 9.37. The van der Waals surface area contributed by atoms with E-state index < -0.39 is 6.04 Å². The van der Waals surface area contributed by atoms with Crippen LogP contribution in [-0.4, -0.2) is 60.4 Å². The number of nitrogens with one attached hydrogen (secondary N) is 2. The summed E-state index contributed by atoms with van der Waals surface area (Å²) in [6, 6.07) is 6.51. The maximum absolute atomic E-state index is 13.9. The van der Waals surface area contributed by atoms with Crippen molar-refractivity contribution in [3.63, 3.8) is 0 Å². The molecule has 0 unspecified atom stereocenters. The zero-order chi connectivity index (χ0) is 28.4. The summed E-state index contributed by atoms with van der Waals surface area (Å²) in [5, 5.41) is 7.78. The number of hydrogen-bond donors (Lipinski definition) is 2. The van der Waals surface area contributed by atoms with Gasteiger partial charge in [0.05, 0.1) is 18.3 Å². The van der Waals surface area contributed by atoms with Gasteiger partial charge in [-0.1, -0.05) is 38.3 Å². The van der Waals surface area contributed by atoms with Crippen LogP contribution in [0.25, 0.3) is 0 Å². The summed E-state index contributed by atoms with van der Waals surface area (Å²) in [5.74, 6) is 1.47. The number of urea groups is 1. The maximum Gasteiger partial charge on any atom is 0.315 e. The molecule has 0 spiro atoms. The Hall–Kier alpha value is -2.94. The van der Waals surface area contributed by atoms with Crippen LogP contribution in [-0.2, 0) is 22.4 Å². The van der Waals surface area contributed by atoms with E-state index in [-0.39, 0.29) is 17.4 Å². The molecule has 1 aliphatic heterocycles. The van der Waals surface area contributed by atoms with Gasteiger partial charge in [-0.05, 0) is 55.7 Å². The van der Waals surface area contributed by atoms with Crippen LogP contribution in [0.1, 0.15) is 76.0 Å². The van der Waals surface area contributed by atoms with Crippen LogP contribution in [0.3, 0.4) is 0 Å². The highest BCUT2D eigenvalue weighted by Crippen LogP contribution is 2.47. The van der Waals surface area contributed by atoms with Crippen LogP contribution in [0.15, 0.2) is 35.2 Å². The van der Waals surface area contributed by atoms with E-state index in [2.05, 4.69) is 22.5 Å². The summed E-state index contributed by atoms with van der Waals surface area (Å²) in [6.45, 7) is 3.61. The van der Waals surface area contributed by atoms with Crippen molar-refractivity contribution < 1.29 is 19.1 Å². The summed E-state index contributed by atoms with van der Waals surface area (Å²) >= 11 is 1.53. The SMILES string of the molecule is CCCC(=O)C1(C2CCCCC2)CCN(C(=O)[C@@H](Cc2ccc(OC)cc2)NC(=O)NCCc2cscn2)CC1. The number of piperidine rings is 1. The number of aromatic nitrogens is 1. The van der Waals surface area contributed by atoms with E-state index in [1.165, 1.54) is 30.6 Å². The molecule has 1 aliphatic carbocycles. The first-order valence-corrected chi connectivity index (χ1v) is 15.8. The summed E-state index contributed by atoms with van der Waals surface area (Å²) in [4.78, 5) is 46.3. The molecule has 1 atom stereocenters. The summed E-state index contributed by atoms with van der Waals surface area (Å²) < 4.78 is 5.28. The van der Waals surface area contributed by atoms with Gasteiger partial charge in [0.15, 0.2) is 0 Å².